The second-order valence-electron chi connectivity index (χ2n) is 11.5. The highest BCUT2D eigenvalue weighted by atomic mass is 32.2. The minimum atomic E-state index is -3.12. The molecule has 1 aliphatic rings. The number of hydrogen-bond donors (Lipinski definition) is 2. The Morgan fingerprint density at radius 2 is 1.84 bits per heavy atom. The van der Waals surface area contributed by atoms with Crippen LogP contribution in [0.25, 0.3) is 11.3 Å². The lowest BCUT2D eigenvalue weighted by Gasteiger charge is -2.39. The van der Waals surface area contributed by atoms with Crippen LogP contribution in [0.2, 0.25) is 0 Å². The van der Waals surface area contributed by atoms with Crippen molar-refractivity contribution in [3.8, 4) is 22.9 Å². The summed E-state index contributed by atoms with van der Waals surface area (Å²) >= 11 is 1.20. The van der Waals surface area contributed by atoms with E-state index in [1.165, 1.54) is 18.1 Å². The molecule has 3 N–H and O–H groups in total. The van der Waals surface area contributed by atoms with Crippen LogP contribution in [0.5, 0.6) is 11.6 Å². The summed E-state index contributed by atoms with van der Waals surface area (Å²) in [5.41, 5.74) is 9.08. The van der Waals surface area contributed by atoms with E-state index in [-0.39, 0.29) is 18.8 Å². The summed E-state index contributed by atoms with van der Waals surface area (Å²) in [7, 11) is 1.65. The first kappa shape index (κ1) is 32.7. The smallest absolute Gasteiger partial charge is 0.410 e. The minimum Gasteiger partial charge on any atom is -0.444 e. The van der Waals surface area contributed by atoms with E-state index in [9.17, 15) is 4.79 Å². The van der Waals surface area contributed by atoms with E-state index in [0.29, 0.717) is 27.9 Å². The highest BCUT2D eigenvalue weighted by Crippen LogP contribution is 2.41. The standard InChI is InChI=1S/C32H38F2N6O3S/c1-20-8-7-9-21(2)28(20)26-16-27(38-29(37-26)39-44-24(17-35)18-36-6)42-23-12-10-22(11-13-23)25-14-15-40(19-32(25,33)34)30(41)43-31(3,4)5/h7-13,16-18,25H,14-15,19,35H2,1-6H3,(H,37,38,39)/b24-17+,36-18?. The van der Waals surface area contributed by atoms with Crippen molar-refractivity contribution < 1.29 is 23.0 Å². The van der Waals surface area contributed by atoms with Crippen LogP contribution in [0.4, 0.5) is 19.5 Å². The number of ether oxygens (including phenoxy) is 2. The molecule has 3 aromatic rings. The zero-order valence-corrected chi connectivity index (χ0v) is 26.5. The molecule has 1 fully saturated rings. The quantitative estimate of drug-likeness (QED) is 0.196. The SMILES string of the molecule is CN=C/C(=C\N)SNc1nc(Oc2ccc(C3CCN(C(=O)OC(C)(C)C)CC3(F)F)cc2)cc(-c2c(C)cccc2C)n1. The first-order chi connectivity index (χ1) is 20.8. The average molecular weight is 625 g/mol. The normalized spacial score (nSPS) is 17.0. The Bertz CT molecular complexity index is 1520. The largest absolute Gasteiger partial charge is 0.444 e. The van der Waals surface area contributed by atoms with Crippen LogP contribution < -0.4 is 15.2 Å². The van der Waals surface area contributed by atoms with Crippen molar-refractivity contribution >= 4 is 30.2 Å². The number of allylic oxidation sites excluding steroid dienone is 1. The maximum atomic E-state index is 15.2. The molecule has 1 saturated heterocycles. The van der Waals surface area contributed by atoms with Crippen molar-refractivity contribution in [2.45, 2.75) is 58.5 Å². The number of nitrogens with zero attached hydrogens (tertiary/aromatic N) is 4. The van der Waals surface area contributed by atoms with Gasteiger partial charge in [0.1, 0.15) is 11.4 Å². The van der Waals surface area contributed by atoms with Gasteiger partial charge in [-0.25, -0.2) is 18.6 Å². The number of halogens is 2. The van der Waals surface area contributed by atoms with Gasteiger partial charge in [0.15, 0.2) is 0 Å². The topological polar surface area (TPSA) is 115 Å². The molecule has 4 rings (SSSR count). The number of alkyl halides is 2. The van der Waals surface area contributed by atoms with E-state index >= 15 is 8.78 Å². The van der Waals surface area contributed by atoms with Gasteiger partial charge in [-0.15, -0.1) is 0 Å². The van der Waals surface area contributed by atoms with Crippen LogP contribution in [0.15, 0.2) is 64.6 Å². The molecule has 0 spiro atoms. The number of amides is 1. The Morgan fingerprint density at radius 3 is 2.43 bits per heavy atom. The van der Waals surface area contributed by atoms with Gasteiger partial charge in [-0.3, -0.25) is 9.71 Å². The minimum absolute atomic E-state index is 0.103. The number of aryl methyl sites for hydroxylation is 2. The van der Waals surface area contributed by atoms with Gasteiger partial charge in [0.25, 0.3) is 5.92 Å². The van der Waals surface area contributed by atoms with E-state index in [1.807, 2.05) is 32.0 Å². The van der Waals surface area contributed by atoms with Gasteiger partial charge in [0.2, 0.25) is 11.8 Å². The predicted molar refractivity (Wildman–Crippen MR) is 171 cm³/mol. The van der Waals surface area contributed by atoms with Crippen LogP contribution in [0.1, 0.15) is 49.8 Å². The summed E-state index contributed by atoms with van der Waals surface area (Å²) in [6.07, 6.45) is 2.40. The van der Waals surface area contributed by atoms with Crippen LogP contribution >= 0.6 is 11.9 Å². The lowest BCUT2D eigenvalue weighted by Crippen LogP contribution is -2.50. The second kappa shape index (κ2) is 13.6. The fourth-order valence-corrected chi connectivity index (χ4v) is 5.45. The van der Waals surface area contributed by atoms with Crippen molar-refractivity contribution in [2.24, 2.45) is 10.7 Å². The molecule has 234 valence electrons. The lowest BCUT2D eigenvalue weighted by atomic mass is 9.86. The Labute approximate surface area is 261 Å². The zero-order chi connectivity index (χ0) is 32.1. The third-order valence-electron chi connectivity index (χ3n) is 6.88. The van der Waals surface area contributed by atoms with Gasteiger partial charge in [0.05, 0.1) is 23.1 Å². The molecular weight excluding hydrogens is 586 g/mol. The van der Waals surface area contributed by atoms with Crippen LogP contribution in [0.3, 0.4) is 0 Å². The van der Waals surface area contributed by atoms with Gasteiger partial charge < -0.3 is 20.1 Å². The molecular formula is C32H38F2N6O3S. The van der Waals surface area contributed by atoms with Crippen LogP contribution in [-0.2, 0) is 4.74 Å². The second-order valence-corrected chi connectivity index (χ2v) is 12.4. The van der Waals surface area contributed by atoms with Crippen molar-refractivity contribution in [3.63, 3.8) is 0 Å². The number of nitrogens with one attached hydrogen (secondary N) is 1. The molecule has 2 heterocycles. The molecule has 44 heavy (non-hydrogen) atoms. The number of piperidine rings is 1. The maximum Gasteiger partial charge on any atom is 0.410 e. The van der Waals surface area contributed by atoms with E-state index in [0.717, 1.165) is 21.6 Å². The van der Waals surface area contributed by atoms with Crippen molar-refractivity contribution in [3.05, 3.63) is 76.3 Å². The van der Waals surface area contributed by atoms with Gasteiger partial charge in [-0.1, -0.05) is 30.3 Å². The highest BCUT2D eigenvalue weighted by molar-refractivity contribution is 8.05. The van der Waals surface area contributed by atoms with Gasteiger partial charge in [-0.2, -0.15) is 4.98 Å². The monoisotopic (exact) mass is 624 g/mol. The lowest BCUT2D eigenvalue weighted by molar-refractivity contribution is -0.0848. The summed E-state index contributed by atoms with van der Waals surface area (Å²) in [4.78, 5) is 27.3. The Hall–Kier alpha value is -4.19. The third kappa shape index (κ3) is 8.25. The van der Waals surface area contributed by atoms with Crippen LogP contribution in [0, 0.1) is 13.8 Å². The van der Waals surface area contributed by atoms with E-state index in [4.69, 9.17) is 20.2 Å². The number of likely N-dealkylation sites (tertiary alicyclic amines) is 1. The number of hydrogen-bond acceptors (Lipinski definition) is 9. The summed E-state index contributed by atoms with van der Waals surface area (Å²) in [6, 6.07) is 14.3. The highest BCUT2D eigenvalue weighted by Gasteiger charge is 2.47. The molecule has 1 aliphatic heterocycles. The van der Waals surface area contributed by atoms with E-state index in [1.54, 1.807) is 64.4 Å². The average Bonchev–Trinajstić information content (AvgIpc) is 2.94. The van der Waals surface area contributed by atoms with Gasteiger partial charge in [0, 0.05) is 37.6 Å². The number of aromatic nitrogens is 2. The molecule has 0 saturated carbocycles. The Balaban J connectivity index is 1.55. The summed E-state index contributed by atoms with van der Waals surface area (Å²) < 4.78 is 45.0. The fourth-order valence-electron chi connectivity index (χ4n) is 4.93. The van der Waals surface area contributed by atoms with E-state index in [2.05, 4.69) is 14.7 Å². The fraction of sp³-hybridized carbons (Fsp3) is 0.375. The molecule has 0 aliphatic carbocycles. The molecule has 1 amide bonds. The summed E-state index contributed by atoms with van der Waals surface area (Å²) in [5, 5.41) is 0. The van der Waals surface area contributed by atoms with Crippen molar-refractivity contribution in [1.82, 2.24) is 14.9 Å². The number of nitrogens with two attached hydrogens (primary N) is 1. The predicted octanol–water partition coefficient (Wildman–Crippen LogP) is 7.47. The Morgan fingerprint density at radius 1 is 1.16 bits per heavy atom. The molecule has 12 heteroatoms. The summed E-state index contributed by atoms with van der Waals surface area (Å²) in [6.45, 7) is 8.61. The third-order valence-corrected chi connectivity index (χ3v) is 7.64. The molecule has 9 nitrogen and oxygen atoms in total. The first-order valence-electron chi connectivity index (χ1n) is 14.2. The van der Waals surface area contributed by atoms with Crippen LogP contribution in [-0.4, -0.2) is 58.8 Å². The summed E-state index contributed by atoms with van der Waals surface area (Å²) in [5.74, 6) is -3.18. The van der Waals surface area contributed by atoms with Gasteiger partial charge >= 0.3 is 6.09 Å². The number of rotatable bonds is 8. The first-order valence-corrected chi connectivity index (χ1v) is 15.0. The zero-order valence-electron chi connectivity index (χ0n) is 25.7. The molecule has 2 aromatic carbocycles. The molecule has 0 radical (unpaired) electrons. The number of carbonyl (C=O) groups is 1. The number of benzene rings is 2. The van der Waals surface area contributed by atoms with Gasteiger partial charge in [-0.05, 0) is 81.8 Å². The number of anilines is 1. The molecule has 1 unspecified atom stereocenters. The molecule has 0 bridgehead atoms. The number of carbonyl (C=O) groups excluding carboxylic acids is 1. The Kier molecular flexibility index (Phi) is 10.1. The maximum absolute atomic E-state index is 15.2. The van der Waals surface area contributed by atoms with Crippen molar-refractivity contribution in [1.29, 1.82) is 0 Å². The van der Waals surface area contributed by atoms with Crippen molar-refractivity contribution in [2.75, 3.05) is 24.9 Å². The molecule has 1 aromatic heterocycles. The molecule has 1 atom stereocenters. The number of aliphatic imine (C=N–C) groups is 1. The van der Waals surface area contributed by atoms with E-state index < -0.39 is 30.1 Å².